The smallest absolute Gasteiger partial charge is 0.154 e. The van der Waals surface area contributed by atoms with Crippen LogP contribution in [0.5, 0.6) is 0 Å². The number of hydrogen-bond donors (Lipinski definition) is 1. The van der Waals surface area contributed by atoms with E-state index in [0.29, 0.717) is 5.75 Å². The lowest BCUT2D eigenvalue weighted by atomic mass is 9.83. The average molecular weight is 175 g/mol. The summed E-state index contributed by atoms with van der Waals surface area (Å²) in [5.41, 5.74) is -0.0289. The first-order valence-corrected chi connectivity index (χ1v) is 5.75. The van der Waals surface area contributed by atoms with Crippen molar-refractivity contribution in [3.05, 3.63) is 0 Å². The maximum Gasteiger partial charge on any atom is 0.154 e. The van der Waals surface area contributed by atoms with E-state index in [1.807, 2.05) is 6.92 Å². The molecule has 0 bridgehead atoms. The van der Waals surface area contributed by atoms with Gasteiger partial charge in [-0.15, -0.1) is 0 Å². The van der Waals surface area contributed by atoms with Crippen molar-refractivity contribution in [2.75, 3.05) is 12.3 Å². The molecule has 0 aromatic rings. The third-order valence-electron chi connectivity index (χ3n) is 3.20. The molecule has 2 heterocycles. The highest BCUT2D eigenvalue weighted by Crippen LogP contribution is 2.37. The van der Waals surface area contributed by atoms with Gasteiger partial charge in [0.25, 0.3) is 0 Å². The molecule has 11 heavy (non-hydrogen) atoms. The lowest BCUT2D eigenvalue weighted by molar-refractivity contribution is 0.209. The van der Waals surface area contributed by atoms with Crippen LogP contribution in [-0.4, -0.2) is 31.5 Å². The molecule has 2 aliphatic heterocycles. The maximum absolute atomic E-state index is 11.3. The van der Waals surface area contributed by atoms with Crippen LogP contribution >= 0.6 is 0 Å². The zero-order valence-electron chi connectivity index (χ0n) is 6.63. The number of sulfone groups is 1. The fourth-order valence-electron chi connectivity index (χ4n) is 2.05. The minimum atomic E-state index is -2.76. The Hall–Kier alpha value is -0.0900. The van der Waals surface area contributed by atoms with Crippen LogP contribution in [-0.2, 0) is 9.84 Å². The second-order valence-corrected chi connectivity index (χ2v) is 6.03. The van der Waals surface area contributed by atoms with Gasteiger partial charge in [-0.1, -0.05) is 0 Å². The Labute approximate surface area is 67.1 Å². The summed E-state index contributed by atoms with van der Waals surface area (Å²) in [7, 11) is -2.76. The van der Waals surface area contributed by atoms with Crippen LogP contribution in [0.2, 0.25) is 0 Å². The molecule has 1 N–H and O–H groups in total. The minimum Gasteiger partial charge on any atom is -0.310 e. The molecule has 64 valence electrons. The summed E-state index contributed by atoms with van der Waals surface area (Å²) in [6.07, 6.45) is 1.85. The summed E-state index contributed by atoms with van der Waals surface area (Å²) in [6, 6.07) is 0. The van der Waals surface area contributed by atoms with Gasteiger partial charge in [0.05, 0.1) is 11.0 Å². The summed E-state index contributed by atoms with van der Waals surface area (Å²) in [5, 5.41) is 3.08. The van der Waals surface area contributed by atoms with E-state index in [2.05, 4.69) is 5.32 Å². The average Bonchev–Trinajstić information content (AvgIpc) is 2.05. The van der Waals surface area contributed by atoms with Crippen molar-refractivity contribution in [1.29, 1.82) is 0 Å². The topological polar surface area (TPSA) is 46.2 Å². The van der Waals surface area contributed by atoms with Crippen molar-refractivity contribution in [1.82, 2.24) is 5.32 Å². The Bertz CT molecular complexity index is 266. The van der Waals surface area contributed by atoms with Crippen molar-refractivity contribution in [2.24, 2.45) is 0 Å². The molecule has 0 saturated carbocycles. The molecule has 0 aromatic carbocycles. The summed E-state index contributed by atoms with van der Waals surface area (Å²) in [5.74, 6) is 0.376. The highest BCUT2D eigenvalue weighted by atomic mass is 32.2. The maximum atomic E-state index is 11.3. The zero-order valence-corrected chi connectivity index (χ0v) is 7.45. The highest BCUT2D eigenvalue weighted by molar-refractivity contribution is 7.92. The second kappa shape index (κ2) is 1.98. The van der Waals surface area contributed by atoms with Crippen LogP contribution in [0.3, 0.4) is 0 Å². The molecule has 0 radical (unpaired) electrons. The lowest BCUT2D eigenvalue weighted by Crippen LogP contribution is -2.61. The van der Waals surface area contributed by atoms with Gasteiger partial charge in [-0.05, 0) is 26.3 Å². The Morgan fingerprint density at radius 2 is 2.09 bits per heavy atom. The Morgan fingerprint density at radius 3 is 2.27 bits per heavy atom. The predicted molar refractivity (Wildman–Crippen MR) is 43.2 cm³/mol. The van der Waals surface area contributed by atoms with Gasteiger partial charge in [0, 0.05) is 5.54 Å². The molecule has 0 aliphatic carbocycles. The van der Waals surface area contributed by atoms with Crippen LogP contribution < -0.4 is 5.32 Å². The normalized spacial score (nSPS) is 47.5. The second-order valence-electron chi connectivity index (χ2n) is 3.59. The van der Waals surface area contributed by atoms with Crippen LogP contribution in [0, 0.1) is 0 Å². The Balaban J connectivity index is 2.31. The first kappa shape index (κ1) is 7.55. The van der Waals surface area contributed by atoms with E-state index in [-0.39, 0.29) is 10.8 Å². The summed E-state index contributed by atoms with van der Waals surface area (Å²) in [4.78, 5) is 0. The highest BCUT2D eigenvalue weighted by Gasteiger charge is 2.52. The molecule has 0 aromatic heterocycles. The van der Waals surface area contributed by atoms with Crippen LogP contribution in [0.25, 0.3) is 0 Å². The van der Waals surface area contributed by atoms with E-state index in [4.69, 9.17) is 0 Å². The molecule has 2 rings (SSSR count). The molecule has 1 spiro atoms. The Morgan fingerprint density at radius 1 is 1.45 bits per heavy atom. The van der Waals surface area contributed by atoms with Crippen molar-refractivity contribution >= 4 is 9.84 Å². The van der Waals surface area contributed by atoms with Crippen LogP contribution in [0.1, 0.15) is 19.8 Å². The largest absolute Gasteiger partial charge is 0.310 e. The third kappa shape index (κ3) is 0.856. The van der Waals surface area contributed by atoms with E-state index in [9.17, 15) is 8.42 Å². The monoisotopic (exact) mass is 175 g/mol. The molecule has 2 aliphatic rings. The number of rotatable bonds is 0. The molecule has 2 atom stereocenters. The third-order valence-corrected chi connectivity index (χ3v) is 5.50. The SMILES string of the molecule is CC1C2(CCN2)CCS1(=O)=O. The predicted octanol–water partition coefficient (Wildman–Crippen LogP) is -0.0745. The standard InChI is InChI=1S/C7H13NO2S/c1-6-7(2-4-8-7)3-5-11(6,9)10/h6,8H,2-5H2,1H3. The molecule has 0 amide bonds. The van der Waals surface area contributed by atoms with E-state index in [1.165, 1.54) is 0 Å². The van der Waals surface area contributed by atoms with Crippen molar-refractivity contribution in [3.63, 3.8) is 0 Å². The van der Waals surface area contributed by atoms with Gasteiger partial charge >= 0.3 is 0 Å². The first-order chi connectivity index (χ1) is 5.07. The van der Waals surface area contributed by atoms with Gasteiger partial charge in [-0.25, -0.2) is 8.42 Å². The lowest BCUT2D eigenvalue weighted by Gasteiger charge is -2.42. The molecule has 2 saturated heterocycles. The minimum absolute atomic E-state index is 0.0289. The zero-order chi connectivity index (χ0) is 8.11. The van der Waals surface area contributed by atoms with E-state index in [0.717, 1.165) is 19.4 Å². The van der Waals surface area contributed by atoms with Crippen LogP contribution in [0.4, 0.5) is 0 Å². The molecular weight excluding hydrogens is 162 g/mol. The molecule has 2 unspecified atom stereocenters. The van der Waals surface area contributed by atoms with Gasteiger partial charge in [-0.3, -0.25) is 0 Å². The molecular formula is C7H13NO2S. The van der Waals surface area contributed by atoms with Gasteiger partial charge in [0.2, 0.25) is 0 Å². The van der Waals surface area contributed by atoms with Crippen molar-refractivity contribution < 1.29 is 8.42 Å². The van der Waals surface area contributed by atoms with E-state index in [1.54, 1.807) is 0 Å². The van der Waals surface area contributed by atoms with Gasteiger partial charge in [0.15, 0.2) is 9.84 Å². The fraction of sp³-hybridized carbons (Fsp3) is 1.00. The van der Waals surface area contributed by atoms with Crippen molar-refractivity contribution in [2.45, 2.75) is 30.6 Å². The number of nitrogens with one attached hydrogen (secondary N) is 1. The first-order valence-electron chi connectivity index (χ1n) is 4.03. The van der Waals surface area contributed by atoms with Crippen molar-refractivity contribution in [3.8, 4) is 0 Å². The molecule has 4 heteroatoms. The molecule has 2 fully saturated rings. The fourth-order valence-corrected chi connectivity index (χ4v) is 4.06. The summed E-state index contributed by atoms with van der Waals surface area (Å²) in [6.45, 7) is 2.81. The van der Waals surface area contributed by atoms with E-state index < -0.39 is 9.84 Å². The van der Waals surface area contributed by atoms with Crippen LogP contribution in [0.15, 0.2) is 0 Å². The number of hydrogen-bond acceptors (Lipinski definition) is 3. The van der Waals surface area contributed by atoms with Gasteiger partial charge in [0.1, 0.15) is 0 Å². The van der Waals surface area contributed by atoms with E-state index >= 15 is 0 Å². The van der Waals surface area contributed by atoms with Gasteiger partial charge < -0.3 is 5.32 Å². The quantitative estimate of drug-likeness (QED) is 0.560. The molecule has 3 nitrogen and oxygen atoms in total. The Kier molecular flexibility index (Phi) is 1.36. The van der Waals surface area contributed by atoms with Gasteiger partial charge in [-0.2, -0.15) is 0 Å². The summed E-state index contributed by atoms with van der Waals surface area (Å²) >= 11 is 0. The summed E-state index contributed by atoms with van der Waals surface area (Å²) < 4.78 is 22.7.